The lowest BCUT2D eigenvalue weighted by Crippen LogP contribution is -1.95. The van der Waals surface area contributed by atoms with E-state index in [4.69, 9.17) is 0 Å². The Bertz CT molecular complexity index is 500. The SMILES string of the molecule is CCc1nc(C)c2ccc(CC=O)cn12. The number of hydrogen-bond donors (Lipinski definition) is 0. The topological polar surface area (TPSA) is 34.4 Å². The van der Waals surface area contributed by atoms with Crippen LogP contribution in [0.2, 0.25) is 0 Å². The van der Waals surface area contributed by atoms with E-state index in [2.05, 4.69) is 16.3 Å². The minimum Gasteiger partial charge on any atom is -0.303 e. The van der Waals surface area contributed by atoms with Gasteiger partial charge in [0.2, 0.25) is 0 Å². The average molecular weight is 202 g/mol. The maximum atomic E-state index is 10.4. The van der Waals surface area contributed by atoms with Gasteiger partial charge in [-0.2, -0.15) is 0 Å². The van der Waals surface area contributed by atoms with E-state index in [1.807, 2.05) is 25.3 Å². The van der Waals surface area contributed by atoms with Gasteiger partial charge >= 0.3 is 0 Å². The molecule has 0 aromatic carbocycles. The van der Waals surface area contributed by atoms with Crippen LogP contribution >= 0.6 is 0 Å². The van der Waals surface area contributed by atoms with Gasteiger partial charge in [0.15, 0.2) is 0 Å². The van der Waals surface area contributed by atoms with Gasteiger partial charge in [0.1, 0.15) is 12.1 Å². The first-order valence-electron chi connectivity index (χ1n) is 5.16. The van der Waals surface area contributed by atoms with E-state index in [1.165, 1.54) is 0 Å². The molecule has 15 heavy (non-hydrogen) atoms. The Morgan fingerprint density at radius 2 is 2.27 bits per heavy atom. The Labute approximate surface area is 88.8 Å². The van der Waals surface area contributed by atoms with Crippen molar-refractivity contribution in [1.82, 2.24) is 9.38 Å². The van der Waals surface area contributed by atoms with Gasteiger partial charge in [0.25, 0.3) is 0 Å². The second-order valence-corrected chi connectivity index (χ2v) is 3.63. The van der Waals surface area contributed by atoms with Gasteiger partial charge in [-0.25, -0.2) is 4.98 Å². The summed E-state index contributed by atoms with van der Waals surface area (Å²) in [6, 6.07) is 4.01. The highest BCUT2D eigenvalue weighted by atomic mass is 16.1. The molecule has 2 rings (SSSR count). The number of hydrogen-bond acceptors (Lipinski definition) is 2. The van der Waals surface area contributed by atoms with Crippen molar-refractivity contribution in [3.8, 4) is 0 Å². The van der Waals surface area contributed by atoms with Crippen LogP contribution in [0.1, 0.15) is 24.0 Å². The summed E-state index contributed by atoms with van der Waals surface area (Å²) < 4.78 is 2.08. The highest BCUT2D eigenvalue weighted by Gasteiger charge is 2.06. The molecule has 0 spiro atoms. The van der Waals surface area contributed by atoms with Crippen LogP contribution in [0.3, 0.4) is 0 Å². The number of aromatic nitrogens is 2. The van der Waals surface area contributed by atoms with Crippen molar-refractivity contribution in [1.29, 1.82) is 0 Å². The molecule has 0 amide bonds. The molecule has 2 heterocycles. The molecule has 0 saturated heterocycles. The molecule has 0 atom stereocenters. The van der Waals surface area contributed by atoms with Gasteiger partial charge in [0.05, 0.1) is 11.2 Å². The first kappa shape index (κ1) is 9.90. The largest absolute Gasteiger partial charge is 0.303 e. The van der Waals surface area contributed by atoms with Crippen LogP contribution in [-0.2, 0) is 17.6 Å². The standard InChI is InChI=1S/C12H14N2O/c1-3-12-13-9(2)11-5-4-10(6-7-15)8-14(11)12/h4-5,7-8H,3,6H2,1-2H3. The minimum absolute atomic E-state index is 0.469. The van der Waals surface area contributed by atoms with Crippen molar-refractivity contribution in [2.24, 2.45) is 0 Å². The smallest absolute Gasteiger partial charge is 0.124 e. The van der Waals surface area contributed by atoms with E-state index in [0.29, 0.717) is 6.42 Å². The molecule has 78 valence electrons. The first-order chi connectivity index (χ1) is 7.26. The highest BCUT2D eigenvalue weighted by molar-refractivity contribution is 5.58. The van der Waals surface area contributed by atoms with Crippen LogP contribution in [0.4, 0.5) is 0 Å². The second-order valence-electron chi connectivity index (χ2n) is 3.63. The number of carbonyl (C=O) groups is 1. The van der Waals surface area contributed by atoms with Gasteiger partial charge in [0, 0.05) is 19.0 Å². The van der Waals surface area contributed by atoms with Crippen molar-refractivity contribution in [2.75, 3.05) is 0 Å². The molecule has 0 aliphatic heterocycles. The highest BCUT2D eigenvalue weighted by Crippen LogP contribution is 2.14. The second kappa shape index (κ2) is 3.85. The molecule has 0 radical (unpaired) electrons. The lowest BCUT2D eigenvalue weighted by Gasteiger charge is -2.01. The Hall–Kier alpha value is -1.64. The molecule has 0 bridgehead atoms. The predicted octanol–water partition coefficient (Wildman–Crippen LogP) is 1.95. The van der Waals surface area contributed by atoms with Crippen molar-refractivity contribution in [3.05, 3.63) is 35.4 Å². The molecular weight excluding hydrogens is 188 g/mol. The fourth-order valence-electron chi connectivity index (χ4n) is 1.82. The monoisotopic (exact) mass is 202 g/mol. The number of fused-ring (bicyclic) bond motifs is 1. The molecule has 0 unspecified atom stereocenters. The number of rotatable bonds is 3. The number of carbonyl (C=O) groups excluding carboxylic acids is 1. The maximum absolute atomic E-state index is 10.4. The molecule has 0 fully saturated rings. The van der Waals surface area contributed by atoms with Crippen molar-refractivity contribution >= 4 is 11.8 Å². The number of pyridine rings is 1. The number of imidazole rings is 1. The molecule has 0 aliphatic carbocycles. The summed E-state index contributed by atoms with van der Waals surface area (Å²) in [6.45, 7) is 4.09. The Morgan fingerprint density at radius 3 is 2.93 bits per heavy atom. The fraction of sp³-hybridized carbons (Fsp3) is 0.333. The third kappa shape index (κ3) is 1.65. The zero-order chi connectivity index (χ0) is 10.8. The van der Waals surface area contributed by atoms with Crippen molar-refractivity contribution < 1.29 is 4.79 Å². The summed E-state index contributed by atoms with van der Waals surface area (Å²) in [5, 5.41) is 0. The average Bonchev–Trinajstić information content (AvgIpc) is 2.56. The van der Waals surface area contributed by atoms with Gasteiger partial charge in [-0.3, -0.25) is 0 Å². The van der Waals surface area contributed by atoms with Crippen LogP contribution in [0.25, 0.3) is 5.52 Å². The fourth-order valence-corrected chi connectivity index (χ4v) is 1.82. The minimum atomic E-state index is 0.469. The van der Waals surface area contributed by atoms with Gasteiger partial charge in [-0.05, 0) is 18.6 Å². The van der Waals surface area contributed by atoms with Crippen LogP contribution in [0.15, 0.2) is 18.3 Å². The molecule has 0 saturated carbocycles. The predicted molar refractivity (Wildman–Crippen MR) is 59.1 cm³/mol. The quantitative estimate of drug-likeness (QED) is 0.713. The van der Waals surface area contributed by atoms with E-state index in [-0.39, 0.29) is 0 Å². The summed E-state index contributed by atoms with van der Waals surface area (Å²) in [6.07, 6.45) is 4.30. The zero-order valence-electron chi connectivity index (χ0n) is 9.03. The number of aldehydes is 1. The van der Waals surface area contributed by atoms with Crippen molar-refractivity contribution in [2.45, 2.75) is 26.7 Å². The third-order valence-electron chi connectivity index (χ3n) is 2.59. The summed E-state index contributed by atoms with van der Waals surface area (Å²) >= 11 is 0. The van der Waals surface area contributed by atoms with E-state index in [9.17, 15) is 4.79 Å². The molecule has 3 nitrogen and oxygen atoms in total. The lowest BCUT2D eigenvalue weighted by molar-refractivity contribution is -0.107. The number of nitrogens with zero attached hydrogens (tertiary/aromatic N) is 2. The summed E-state index contributed by atoms with van der Waals surface area (Å²) in [5.74, 6) is 1.05. The molecule has 3 heteroatoms. The molecular formula is C12H14N2O. The normalized spacial score (nSPS) is 10.8. The molecule has 0 aliphatic rings. The maximum Gasteiger partial charge on any atom is 0.124 e. The Balaban J connectivity index is 2.62. The van der Waals surface area contributed by atoms with E-state index >= 15 is 0 Å². The summed E-state index contributed by atoms with van der Waals surface area (Å²) in [4.78, 5) is 14.9. The summed E-state index contributed by atoms with van der Waals surface area (Å²) in [7, 11) is 0. The Kier molecular flexibility index (Phi) is 2.54. The summed E-state index contributed by atoms with van der Waals surface area (Å²) in [5.41, 5.74) is 3.20. The van der Waals surface area contributed by atoms with Crippen LogP contribution in [0, 0.1) is 6.92 Å². The lowest BCUT2D eigenvalue weighted by atomic mass is 10.2. The zero-order valence-corrected chi connectivity index (χ0v) is 9.03. The van der Waals surface area contributed by atoms with E-state index in [0.717, 1.165) is 35.3 Å². The van der Waals surface area contributed by atoms with Crippen LogP contribution in [-0.4, -0.2) is 15.7 Å². The van der Waals surface area contributed by atoms with Gasteiger partial charge in [-0.1, -0.05) is 13.0 Å². The molecule has 0 N–H and O–H groups in total. The van der Waals surface area contributed by atoms with Gasteiger partial charge < -0.3 is 9.20 Å². The van der Waals surface area contributed by atoms with Crippen LogP contribution in [0.5, 0.6) is 0 Å². The first-order valence-corrected chi connectivity index (χ1v) is 5.16. The van der Waals surface area contributed by atoms with E-state index < -0.39 is 0 Å². The molecule has 2 aromatic heterocycles. The number of aryl methyl sites for hydroxylation is 2. The Morgan fingerprint density at radius 1 is 1.47 bits per heavy atom. The van der Waals surface area contributed by atoms with Crippen molar-refractivity contribution in [3.63, 3.8) is 0 Å². The van der Waals surface area contributed by atoms with Gasteiger partial charge in [-0.15, -0.1) is 0 Å². The third-order valence-corrected chi connectivity index (χ3v) is 2.59. The molecule has 2 aromatic rings. The van der Waals surface area contributed by atoms with Crippen LogP contribution < -0.4 is 0 Å². The van der Waals surface area contributed by atoms with E-state index in [1.54, 1.807) is 0 Å².